The van der Waals surface area contributed by atoms with Crippen LogP contribution in [0.4, 0.5) is 5.69 Å². The second kappa shape index (κ2) is 8.42. The molecule has 6 nitrogen and oxygen atoms in total. The molecule has 1 N–H and O–H groups in total. The fourth-order valence-corrected chi connectivity index (χ4v) is 2.68. The smallest absolute Gasteiger partial charge is 0.248 e. The second-order valence-electron chi connectivity index (χ2n) is 5.56. The van der Waals surface area contributed by atoms with Crippen molar-refractivity contribution in [2.75, 3.05) is 19.5 Å². The minimum Gasteiger partial charge on any atom is -0.495 e. The molecule has 0 radical (unpaired) electrons. The molecule has 0 saturated carbocycles. The van der Waals surface area contributed by atoms with Crippen molar-refractivity contribution in [3.05, 3.63) is 71.5 Å². The highest BCUT2D eigenvalue weighted by Crippen LogP contribution is 2.35. The van der Waals surface area contributed by atoms with Crippen molar-refractivity contribution in [2.24, 2.45) is 0 Å². The molecule has 138 valence electrons. The molecule has 0 fully saturated rings. The van der Waals surface area contributed by atoms with Crippen LogP contribution in [-0.2, 0) is 4.79 Å². The molecule has 0 unspecified atom stereocenters. The summed E-state index contributed by atoms with van der Waals surface area (Å²) in [5.41, 5.74) is 2.21. The molecule has 0 aliphatic heterocycles. The predicted octanol–water partition coefficient (Wildman–Crippen LogP) is 4.19. The number of anilines is 1. The highest BCUT2D eigenvalue weighted by atomic mass is 35.5. The largest absolute Gasteiger partial charge is 0.495 e. The van der Waals surface area contributed by atoms with E-state index < -0.39 is 0 Å². The lowest BCUT2D eigenvalue weighted by Crippen LogP contribution is -2.09. The van der Waals surface area contributed by atoms with Crippen LogP contribution in [0.2, 0.25) is 5.02 Å². The van der Waals surface area contributed by atoms with Crippen molar-refractivity contribution in [3.63, 3.8) is 0 Å². The number of rotatable bonds is 6. The molecule has 1 amide bonds. The number of aromatic nitrogens is 2. The van der Waals surface area contributed by atoms with Crippen LogP contribution in [0.1, 0.15) is 5.56 Å². The molecule has 27 heavy (non-hydrogen) atoms. The van der Waals surface area contributed by atoms with Gasteiger partial charge in [-0.25, -0.2) is 4.68 Å². The highest BCUT2D eigenvalue weighted by molar-refractivity contribution is 6.32. The summed E-state index contributed by atoms with van der Waals surface area (Å²) in [5, 5.41) is 7.45. The topological polar surface area (TPSA) is 65.4 Å². The van der Waals surface area contributed by atoms with Crippen molar-refractivity contribution in [1.82, 2.24) is 9.78 Å². The third-order valence-electron chi connectivity index (χ3n) is 3.78. The van der Waals surface area contributed by atoms with E-state index in [9.17, 15) is 4.79 Å². The number of hydrogen-bond acceptors (Lipinski definition) is 4. The molecule has 7 heteroatoms. The molecule has 3 rings (SSSR count). The van der Waals surface area contributed by atoms with E-state index in [1.807, 2.05) is 36.5 Å². The summed E-state index contributed by atoms with van der Waals surface area (Å²) in [6.07, 6.45) is 6.63. The van der Waals surface area contributed by atoms with Crippen LogP contribution in [0, 0.1) is 0 Å². The number of ether oxygens (including phenoxy) is 2. The minimum atomic E-state index is -0.315. The first-order chi connectivity index (χ1) is 13.1. The zero-order valence-electron chi connectivity index (χ0n) is 14.8. The summed E-state index contributed by atoms with van der Waals surface area (Å²) in [6, 6.07) is 12.9. The van der Waals surface area contributed by atoms with Gasteiger partial charge in [-0.15, -0.1) is 0 Å². The Kier molecular flexibility index (Phi) is 5.78. The SMILES string of the molecule is COc1cc(NC(=O)/C=C/c2cnn(-c3ccccc3)c2)c(OC)cc1Cl. The van der Waals surface area contributed by atoms with Crippen molar-refractivity contribution in [1.29, 1.82) is 0 Å². The van der Waals surface area contributed by atoms with Gasteiger partial charge in [0, 0.05) is 30.0 Å². The van der Waals surface area contributed by atoms with Gasteiger partial charge in [-0.2, -0.15) is 5.10 Å². The van der Waals surface area contributed by atoms with E-state index in [0.717, 1.165) is 11.3 Å². The van der Waals surface area contributed by atoms with Crippen LogP contribution in [-0.4, -0.2) is 29.9 Å². The van der Waals surface area contributed by atoms with Crippen molar-refractivity contribution in [2.45, 2.75) is 0 Å². The summed E-state index contributed by atoms with van der Waals surface area (Å²) in [4.78, 5) is 12.3. The van der Waals surface area contributed by atoms with Gasteiger partial charge in [0.25, 0.3) is 0 Å². The Hall–Kier alpha value is -3.25. The Labute approximate surface area is 162 Å². The number of para-hydroxylation sites is 1. The minimum absolute atomic E-state index is 0.315. The van der Waals surface area contributed by atoms with Gasteiger partial charge in [0.15, 0.2) is 0 Å². The lowest BCUT2D eigenvalue weighted by atomic mass is 10.2. The van der Waals surface area contributed by atoms with Crippen LogP contribution >= 0.6 is 11.6 Å². The van der Waals surface area contributed by atoms with Crippen LogP contribution < -0.4 is 14.8 Å². The monoisotopic (exact) mass is 383 g/mol. The average Bonchev–Trinajstić information content (AvgIpc) is 3.17. The number of nitrogens with one attached hydrogen (secondary N) is 1. The zero-order chi connectivity index (χ0) is 19.2. The van der Waals surface area contributed by atoms with Crippen LogP contribution in [0.3, 0.4) is 0 Å². The Morgan fingerprint density at radius 2 is 1.89 bits per heavy atom. The average molecular weight is 384 g/mol. The number of nitrogens with zero attached hydrogens (tertiary/aromatic N) is 2. The number of methoxy groups -OCH3 is 2. The number of benzene rings is 2. The summed E-state index contributed by atoms with van der Waals surface area (Å²) < 4.78 is 12.2. The Morgan fingerprint density at radius 3 is 2.59 bits per heavy atom. The quantitative estimate of drug-likeness (QED) is 0.648. The predicted molar refractivity (Wildman–Crippen MR) is 106 cm³/mol. The van der Waals surface area contributed by atoms with Crippen molar-refractivity contribution >= 4 is 29.3 Å². The Bertz CT molecular complexity index is 968. The van der Waals surface area contributed by atoms with Gasteiger partial charge in [0.05, 0.1) is 36.8 Å². The molecular formula is C20H18ClN3O3. The fourth-order valence-electron chi connectivity index (χ4n) is 2.45. The summed E-state index contributed by atoms with van der Waals surface area (Å²) in [7, 11) is 3.01. The van der Waals surface area contributed by atoms with Crippen molar-refractivity contribution < 1.29 is 14.3 Å². The van der Waals surface area contributed by atoms with Gasteiger partial charge >= 0.3 is 0 Å². The molecule has 0 spiro atoms. The molecule has 1 aromatic heterocycles. The zero-order valence-corrected chi connectivity index (χ0v) is 15.6. The summed E-state index contributed by atoms with van der Waals surface area (Å²) >= 11 is 6.07. The number of carbonyl (C=O) groups excluding carboxylic acids is 1. The molecule has 3 aromatic rings. The van der Waals surface area contributed by atoms with E-state index in [2.05, 4.69) is 10.4 Å². The standard InChI is InChI=1S/C20H18ClN3O3/c1-26-18-11-17(19(27-2)10-16(18)21)23-20(25)9-8-14-12-22-24(13-14)15-6-4-3-5-7-15/h3-13H,1-2H3,(H,23,25)/b9-8+. The molecule has 0 saturated heterocycles. The molecule has 0 aliphatic carbocycles. The molecule has 1 heterocycles. The highest BCUT2D eigenvalue weighted by Gasteiger charge is 2.11. The lowest BCUT2D eigenvalue weighted by molar-refractivity contribution is -0.111. The maximum absolute atomic E-state index is 12.3. The van der Waals surface area contributed by atoms with Crippen LogP contribution in [0.25, 0.3) is 11.8 Å². The van der Waals surface area contributed by atoms with Crippen molar-refractivity contribution in [3.8, 4) is 17.2 Å². The van der Waals surface area contributed by atoms with Gasteiger partial charge in [-0.05, 0) is 18.2 Å². The van der Waals surface area contributed by atoms with Gasteiger partial charge < -0.3 is 14.8 Å². The normalized spacial score (nSPS) is 10.8. The van der Waals surface area contributed by atoms with Crippen LogP contribution in [0.15, 0.2) is 60.9 Å². The summed E-state index contributed by atoms with van der Waals surface area (Å²) in [5.74, 6) is 0.575. The van der Waals surface area contributed by atoms with Gasteiger partial charge in [0.2, 0.25) is 5.91 Å². The van der Waals surface area contributed by atoms with Gasteiger partial charge in [-0.1, -0.05) is 29.8 Å². The van der Waals surface area contributed by atoms with E-state index in [4.69, 9.17) is 21.1 Å². The van der Waals surface area contributed by atoms with E-state index >= 15 is 0 Å². The van der Waals surface area contributed by atoms with E-state index in [1.54, 1.807) is 29.1 Å². The second-order valence-corrected chi connectivity index (χ2v) is 5.97. The van der Waals surface area contributed by atoms with E-state index in [1.165, 1.54) is 20.3 Å². The first kappa shape index (κ1) is 18.5. The summed E-state index contributed by atoms with van der Waals surface area (Å²) in [6.45, 7) is 0. The van der Waals surface area contributed by atoms with Gasteiger partial charge in [0.1, 0.15) is 11.5 Å². The number of halogens is 1. The van der Waals surface area contributed by atoms with Crippen LogP contribution in [0.5, 0.6) is 11.5 Å². The molecule has 0 atom stereocenters. The maximum atomic E-state index is 12.3. The third kappa shape index (κ3) is 4.48. The fraction of sp³-hybridized carbons (Fsp3) is 0.100. The molecule has 0 bridgehead atoms. The molecule has 2 aromatic carbocycles. The maximum Gasteiger partial charge on any atom is 0.248 e. The van der Waals surface area contributed by atoms with E-state index in [-0.39, 0.29) is 5.91 Å². The first-order valence-corrected chi connectivity index (χ1v) is 8.49. The number of amides is 1. The van der Waals surface area contributed by atoms with Gasteiger partial charge in [-0.3, -0.25) is 4.79 Å². The number of hydrogen-bond donors (Lipinski definition) is 1. The molecule has 0 aliphatic rings. The Balaban J connectivity index is 1.72. The molecular weight excluding hydrogens is 366 g/mol. The Morgan fingerprint density at radius 1 is 1.15 bits per heavy atom. The third-order valence-corrected chi connectivity index (χ3v) is 4.08. The lowest BCUT2D eigenvalue weighted by Gasteiger charge is -2.12. The number of carbonyl (C=O) groups is 1. The first-order valence-electron chi connectivity index (χ1n) is 8.11. The van der Waals surface area contributed by atoms with E-state index in [0.29, 0.717) is 22.2 Å².